The van der Waals surface area contributed by atoms with E-state index in [0.717, 1.165) is 16.1 Å². The highest BCUT2D eigenvalue weighted by Gasteiger charge is 2.41. The third kappa shape index (κ3) is 2.64. The van der Waals surface area contributed by atoms with Gasteiger partial charge in [0.15, 0.2) is 0 Å². The minimum absolute atomic E-state index is 0.0141. The smallest absolute Gasteiger partial charge is 0.309 e. The first kappa shape index (κ1) is 14.8. The first-order valence-electron chi connectivity index (χ1n) is 7.23. The number of anilines is 1. The predicted octanol–water partition coefficient (Wildman–Crippen LogP) is 3.63. The number of carbonyl (C=O) groups is 2. The van der Waals surface area contributed by atoms with Gasteiger partial charge in [0.25, 0.3) is 0 Å². The Kier molecular flexibility index (Phi) is 3.98. The van der Waals surface area contributed by atoms with E-state index < -0.39 is 17.9 Å². The number of rotatable bonds is 3. The zero-order chi connectivity index (χ0) is 15.7. The number of piperidine rings is 1. The molecule has 1 fully saturated rings. The number of thiophene rings is 1. The standard InChI is InChI=1S/C17H17NO3S/c1-11-4-6-12(7-5-11)18-15(19)9-8-13(17(20)21)16(18)14-3-2-10-22-14/h2-7,10,13,16H,8-9H2,1H3,(H,20,21)/t13-,16-/m1/s1. The highest BCUT2D eigenvalue weighted by atomic mass is 32.1. The molecular formula is C17H17NO3S. The number of amides is 1. The Morgan fingerprint density at radius 3 is 2.59 bits per heavy atom. The number of carboxylic acids is 1. The molecule has 3 rings (SSSR count). The summed E-state index contributed by atoms with van der Waals surface area (Å²) in [5.41, 5.74) is 1.87. The molecule has 1 aromatic carbocycles. The van der Waals surface area contributed by atoms with Crippen molar-refractivity contribution in [2.45, 2.75) is 25.8 Å². The number of benzene rings is 1. The van der Waals surface area contributed by atoms with Gasteiger partial charge < -0.3 is 10.0 Å². The second-order valence-electron chi connectivity index (χ2n) is 5.54. The fraction of sp³-hybridized carbons (Fsp3) is 0.294. The predicted molar refractivity (Wildman–Crippen MR) is 86.1 cm³/mol. The van der Waals surface area contributed by atoms with E-state index in [-0.39, 0.29) is 12.3 Å². The Balaban J connectivity index is 2.07. The van der Waals surface area contributed by atoms with Crippen molar-refractivity contribution >= 4 is 28.9 Å². The summed E-state index contributed by atoms with van der Waals surface area (Å²) >= 11 is 1.50. The van der Waals surface area contributed by atoms with E-state index in [1.54, 1.807) is 4.90 Å². The van der Waals surface area contributed by atoms with Crippen molar-refractivity contribution in [1.82, 2.24) is 0 Å². The minimum Gasteiger partial charge on any atom is -0.481 e. The maximum absolute atomic E-state index is 12.5. The SMILES string of the molecule is Cc1ccc(N2C(=O)CC[C@@H](C(=O)O)[C@@H]2c2cccs2)cc1. The van der Waals surface area contributed by atoms with Crippen molar-refractivity contribution in [2.75, 3.05) is 4.90 Å². The number of aliphatic carboxylic acids is 1. The molecule has 1 saturated heterocycles. The van der Waals surface area contributed by atoms with Gasteiger partial charge >= 0.3 is 5.97 Å². The number of nitrogens with zero attached hydrogens (tertiary/aromatic N) is 1. The molecule has 0 spiro atoms. The maximum Gasteiger partial charge on any atom is 0.309 e. The van der Waals surface area contributed by atoms with Crippen molar-refractivity contribution in [3.63, 3.8) is 0 Å². The van der Waals surface area contributed by atoms with Crippen LogP contribution in [0.25, 0.3) is 0 Å². The number of hydrogen-bond donors (Lipinski definition) is 1. The van der Waals surface area contributed by atoms with Crippen LogP contribution >= 0.6 is 11.3 Å². The zero-order valence-electron chi connectivity index (χ0n) is 12.2. The van der Waals surface area contributed by atoms with Gasteiger partial charge in [0.1, 0.15) is 0 Å². The van der Waals surface area contributed by atoms with Crippen LogP contribution in [0.1, 0.15) is 29.3 Å². The summed E-state index contributed by atoms with van der Waals surface area (Å²) in [5.74, 6) is -1.43. The third-order valence-electron chi connectivity index (χ3n) is 4.06. The van der Waals surface area contributed by atoms with Gasteiger partial charge in [-0.25, -0.2) is 0 Å². The van der Waals surface area contributed by atoms with Crippen molar-refractivity contribution in [3.8, 4) is 0 Å². The van der Waals surface area contributed by atoms with Crippen LogP contribution in [0, 0.1) is 12.8 Å². The van der Waals surface area contributed by atoms with Crippen LogP contribution in [0.15, 0.2) is 41.8 Å². The van der Waals surface area contributed by atoms with Gasteiger partial charge in [0, 0.05) is 17.0 Å². The van der Waals surface area contributed by atoms with E-state index in [4.69, 9.17) is 0 Å². The molecule has 0 bridgehead atoms. The lowest BCUT2D eigenvalue weighted by molar-refractivity contribution is -0.144. The Bertz CT molecular complexity index is 678. The lowest BCUT2D eigenvalue weighted by Gasteiger charge is -2.39. The molecule has 114 valence electrons. The van der Waals surface area contributed by atoms with Gasteiger partial charge in [0.2, 0.25) is 5.91 Å². The lowest BCUT2D eigenvalue weighted by atomic mass is 9.87. The van der Waals surface area contributed by atoms with E-state index in [1.165, 1.54) is 11.3 Å². The summed E-state index contributed by atoms with van der Waals surface area (Å²) in [7, 11) is 0. The Hall–Kier alpha value is -2.14. The van der Waals surface area contributed by atoms with Gasteiger partial charge in [0.05, 0.1) is 12.0 Å². The van der Waals surface area contributed by atoms with E-state index >= 15 is 0 Å². The highest BCUT2D eigenvalue weighted by molar-refractivity contribution is 7.10. The van der Waals surface area contributed by atoms with Crippen molar-refractivity contribution < 1.29 is 14.7 Å². The summed E-state index contributed by atoms with van der Waals surface area (Å²) < 4.78 is 0. The molecule has 2 atom stereocenters. The number of carbonyl (C=O) groups excluding carboxylic acids is 1. The molecule has 1 aliphatic rings. The molecule has 2 aromatic rings. The minimum atomic E-state index is -0.844. The molecule has 1 aliphatic heterocycles. The topological polar surface area (TPSA) is 57.6 Å². The molecule has 22 heavy (non-hydrogen) atoms. The fourth-order valence-corrected chi connectivity index (χ4v) is 3.83. The largest absolute Gasteiger partial charge is 0.481 e. The van der Waals surface area contributed by atoms with Crippen LogP contribution in [0.3, 0.4) is 0 Å². The zero-order valence-corrected chi connectivity index (χ0v) is 13.0. The van der Waals surface area contributed by atoms with E-state index in [9.17, 15) is 14.7 Å². The van der Waals surface area contributed by atoms with Gasteiger partial charge in [-0.1, -0.05) is 23.8 Å². The molecule has 0 radical (unpaired) electrons. The molecule has 5 heteroatoms. The normalized spacial score (nSPS) is 21.9. The second kappa shape index (κ2) is 5.93. The van der Waals surface area contributed by atoms with Crippen molar-refractivity contribution in [2.24, 2.45) is 5.92 Å². The van der Waals surface area contributed by atoms with E-state index in [2.05, 4.69) is 0 Å². The molecule has 4 nitrogen and oxygen atoms in total. The van der Waals surface area contributed by atoms with Gasteiger partial charge in [-0.3, -0.25) is 9.59 Å². The van der Waals surface area contributed by atoms with E-state index in [0.29, 0.717) is 6.42 Å². The summed E-state index contributed by atoms with van der Waals surface area (Å²) in [5, 5.41) is 11.5. The summed E-state index contributed by atoms with van der Waals surface area (Å²) in [6, 6.07) is 11.0. The summed E-state index contributed by atoms with van der Waals surface area (Å²) in [4.78, 5) is 26.7. The van der Waals surface area contributed by atoms with Crippen LogP contribution in [0.2, 0.25) is 0 Å². The molecule has 0 unspecified atom stereocenters. The third-order valence-corrected chi connectivity index (χ3v) is 5.00. The van der Waals surface area contributed by atoms with Crippen LogP contribution in [0.4, 0.5) is 5.69 Å². The quantitative estimate of drug-likeness (QED) is 0.941. The molecule has 1 amide bonds. The van der Waals surface area contributed by atoms with Crippen LogP contribution in [-0.2, 0) is 9.59 Å². The van der Waals surface area contributed by atoms with Gasteiger partial charge in [-0.2, -0.15) is 0 Å². The summed E-state index contributed by atoms with van der Waals surface area (Å²) in [6.45, 7) is 1.98. The molecule has 0 saturated carbocycles. The molecular weight excluding hydrogens is 298 g/mol. The molecule has 1 N–H and O–H groups in total. The highest BCUT2D eigenvalue weighted by Crippen LogP contribution is 2.41. The van der Waals surface area contributed by atoms with Crippen LogP contribution in [0.5, 0.6) is 0 Å². The van der Waals surface area contributed by atoms with Gasteiger partial charge in [-0.15, -0.1) is 11.3 Å². The molecule has 0 aliphatic carbocycles. The monoisotopic (exact) mass is 315 g/mol. The Morgan fingerprint density at radius 1 is 1.27 bits per heavy atom. The Labute approximate surface area is 133 Å². The number of carboxylic acid groups (broad SMARTS) is 1. The second-order valence-corrected chi connectivity index (χ2v) is 6.52. The first-order chi connectivity index (χ1) is 10.6. The van der Waals surface area contributed by atoms with Crippen molar-refractivity contribution in [3.05, 3.63) is 52.2 Å². The van der Waals surface area contributed by atoms with Crippen LogP contribution < -0.4 is 4.90 Å². The number of aryl methyl sites for hydroxylation is 1. The molecule has 1 aromatic heterocycles. The lowest BCUT2D eigenvalue weighted by Crippen LogP contribution is -2.45. The average Bonchev–Trinajstić information content (AvgIpc) is 3.01. The summed E-state index contributed by atoms with van der Waals surface area (Å²) in [6.07, 6.45) is 0.659. The van der Waals surface area contributed by atoms with E-state index in [1.807, 2.05) is 48.7 Å². The average molecular weight is 315 g/mol. The number of hydrogen-bond acceptors (Lipinski definition) is 3. The Morgan fingerprint density at radius 2 is 2.00 bits per heavy atom. The first-order valence-corrected chi connectivity index (χ1v) is 8.11. The van der Waals surface area contributed by atoms with Crippen LogP contribution in [-0.4, -0.2) is 17.0 Å². The maximum atomic E-state index is 12.5. The van der Waals surface area contributed by atoms with Gasteiger partial charge in [-0.05, 0) is 36.9 Å². The van der Waals surface area contributed by atoms with Crippen molar-refractivity contribution in [1.29, 1.82) is 0 Å². The fourth-order valence-electron chi connectivity index (χ4n) is 2.95. The molecule has 2 heterocycles.